The molecule has 206 valence electrons. The van der Waals surface area contributed by atoms with E-state index in [-0.39, 0.29) is 35.4 Å². The molecule has 4 heterocycles. The summed E-state index contributed by atoms with van der Waals surface area (Å²) in [5.41, 5.74) is 7.38. The number of nitrogens with zero attached hydrogens (tertiary/aromatic N) is 5. The van der Waals surface area contributed by atoms with Crippen LogP contribution in [0, 0.1) is 0 Å². The van der Waals surface area contributed by atoms with E-state index in [2.05, 4.69) is 20.6 Å². The van der Waals surface area contributed by atoms with Crippen molar-refractivity contribution in [3.05, 3.63) is 65.3 Å². The van der Waals surface area contributed by atoms with E-state index in [4.69, 9.17) is 15.0 Å². The van der Waals surface area contributed by atoms with Gasteiger partial charge in [-0.2, -0.15) is 9.55 Å². The Kier molecular flexibility index (Phi) is 7.13. The molecule has 40 heavy (non-hydrogen) atoms. The van der Waals surface area contributed by atoms with Gasteiger partial charge in [0.2, 0.25) is 5.52 Å². The van der Waals surface area contributed by atoms with Crippen molar-refractivity contribution in [2.75, 3.05) is 18.6 Å². The van der Waals surface area contributed by atoms with Crippen LogP contribution in [-0.4, -0.2) is 68.6 Å². The van der Waals surface area contributed by atoms with Crippen molar-refractivity contribution >= 4 is 57.9 Å². The minimum Gasteiger partial charge on any atom is -0.543 e. The van der Waals surface area contributed by atoms with Crippen molar-refractivity contribution < 1.29 is 38.5 Å². The highest BCUT2D eigenvalue weighted by molar-refractivity contribution is 8.00. The smallest absolute Gasteiger partial charge is 0.292 e. The normalized spacial score (nSPS) is 19.4. The fourth-order valence-electron chi connectivity index (χ4n) is 4.71. The highest BCUT2D eigenvalue weighted by atomic mass is 32.2. The molecule has 0 saturated carbocycles. The molecule has 1 aromatic carbocycles. The summed E-state index contributed by atoms with van der Waals surface area (Å²) < 4.78 is 6.77. The monoisotopic (exact) mass is 565 g/mol. The number of anilines is 1. The number of hydrogen-bond donors (Lipinski definition) is 3. The zero-order chi connectivity index (χ0) is 28.6. The Balaban J connectivity index is 1.41. The van der Waals surface area contributed by atoms with Gasteiger partial charge in [0.25, 0.3) is 17.8 Å². The second-order valence-electron chi connectivity index (χ2n) is 8.85. The molecule has 2 amide bonds. The van der Waals surface area contributed by atoms with Crippen LogP contribution in [0.15, 0.2) is 68.8 Å². The summed E-state index contributed by atoms with van der Waals surface area (Å²) >= 11 is 1.31. The van der Waals surface area contributed by atoms with E-state index in [1.54, 1.807) is 19.2 Å². The molecular formula is C25H23N7O7S. The summed E-state index contributed by atoms with van der Waals surface area (Å²) in [6, 6.07) is 7.96. The summed E-state index contributed by atoms with van der Waals surface area (Å²) in [6.07, 6.45) is 2.91. The minimum absolute atomic E-state index is 0.00473. The van der Waals surface area contributed by atoms with E-state index >= 15 is 0 Å². The number of carboxylic acid groups (broad SMARTS) is 1. The number of nitrogens with two attached hydrogens (primary N) is 1. The molecule has 2 aromatic heterocycles. The molecule has 15 heteroatoms. The predicted octanol–water partition coefficient (Wildman–Crippen LogP) is -0.650. The van der Waals surface area contributed by atoms with Gasteiger partial charge in [0, 0.05) is 29.0 Å². The van der Waals surface area contributed by atoms with Crippen molar-refractivity contribution in [3.63, 3.8) is 0 Å². The van der Waals surface area contributed by atoms with Gasteiger partial charge >= 0.3 is 0 Å². The Hall–Kier alpha value is -4.92. The molecular weight excluding hydrogens is 542 g/mol. The van der Waals surface area contributed by atoms with Crippen LogP contribution in [-0.2, 0) is 25.8 Å². The van der Waals surface area contributed by atoms with E-state index in [1.165, 1.54) is 18.9 Å². The number of oxazole rings is 1. The molecule has 2 aliphatic heterocycles. The molecule has 1 fully saturated rings. The number of carboxylic acids is 1. The lowest BCUT2D eigenvalue weighted by atomic mass is 10.0. The number of β-lactam (4-membered cyclic amide) rings is 1. The summed E-state index contributed by atoms with van der Waals surface area (Å²) in [5, 5.41) is 31.2. The number of aromatic nitrogens is 2. The first-order chi connectivity index (χ1) is 19.2. The first-order valence-corrected chi connectivity index (χ1v) is 12.9. The topological polar surface area (TPSA) is 200 Å². The van der Waals surface area contributed by atoms with E-state index in [0.29, 0.717) is 11.3 Å². The van der Waals surface area contributed by atoms with Crippen LogP contribution in [0.4, 0.5) is 6.01 Å². The first kappa shape index (κ1) is 26.7. The maximum absolute atomic E-state index is 13.1. The Labute approximate surface area is 230 Å². The fraction of sp³-hybridized carbons (Fsp3) is 0.240. The largest absolute Gasteiger partial charge is 0.543 e. The number of nitrogens with one attached hydrogen (secondary N) is 1. The number of fused-ring (bicyclic) bond motifs is 2. The van der Waals surface area contributed by atoms with Crippen LogP contribution in [0.2, 0.25) is 0 Å². The highest BCUT2D eigenvalue weighted by Gasteiger charge is 2.53. The van der Waals surface area contributed by atoms with Crippen LogP contribution < -0.4 is 20.7 Å². The number of pyridine rings is 1. The SMILES string of the molecule is CO/N=C(\C(=O)NC1C(=O)N2C(C(=O)[O-])=C(C[n+]3cccc4c(C(C)=NO)cccc43)CS[C@@H]12)c1coc(N)n1. The maximum atomic E-state index is 13.1. The molecule has 3 aromatic rings. The van der Waals surface area contributed by atoms with Gasteiger partial charge in [0.05, 0.1) is 22.8 Å². The number of thioether (sulfide) groups is 1. The summed E-state index contributed by atoms with van der Waals surface area (Å²) in [4.78, 5) is 48.0. The van der Waals surface area contributed by atoms with E-state index < -0.39 is 29.2 Å². The third kappa shape index (κ3) is 4.59. The lowest BCUT2D eigenvalue weighted by molar-refractivity contribution is -0.663. The number of aliphatic carboxylic acids is 1. The van der Waals surface area contributed by atoms with Crippen LogP contribution in [0.3, 0.4) is 0 Å². The van der Waals surface area contributed by atoms with Crippen LogP contribution in [0.5, 0.6) is 0 Å². The first-order valence-electron chi connectivity index (χ1n) is 11.9. The Morgan fingerprint density at radius 1 is 1.38 bits per heavy atom. The number of hydrogen-bond acceptors (Lipinski definition) is 12. The minimum atomic E-state index is -1.50. The third-order valence-electron chi connectivity index (χ3n) is 6.51. The van der Waals surface area contributed by atoms with Crippen LogP contribution >= 0.6 is 11.8 Å². The van der Waals surface area contributed by atoms with E-state index in [0.717, 1.165) is 27.6 Å². The quantitative estimate of drug-likeness (QED) is 0.104. The zero-order valence-electron chi connectivity index (χ0n) is 21.2. The number of benzene rings is 1. The average molecular weight is 566 g/mol. The summed E-state index contributed by atoms with van der Waals surface area (Å²) in [6.45, 7) is 1.84. The summed E-state index contributed by atoms with van der Waals surface area (Å²) in [7, 11) is 1.23. The van der Waals surface area contributed by atoms with Gasteiger partial charge in [-0.3, -0.25) is 14.5 Å². The second-order valence-corrected chi connectivity index (χ2v) is 9.96. The molecule has 5 rings (SSSR count). The molecule has 1 unspecified atom stereocenters. The number of carbonyl (C=O) groups excluding carboxylic acids is 3. The molecule has 0 bridgehead atoms. The van der Waals surface area contributed by atoms with Gasteiger partial charge in [-0.05, 0) is 13.0 Å². The Morgan fingerprint density at radius 3 is 2.85 bits per heavy atom. The van der Waals surface area contributed by atoms with Crippen LogP contribution in [0.25, 0.3) is 10.9 Å². The van der Waals surface area contributed by atoms with Crippen molar-refractivity contribution in [2.24, 2.45) is 10.3 Å². The molecule has 2 aliphatic rings. The third-order valence-corrected chi connectivity index (χ3v) is 7.85. The van der Waals surface area contributed by atoms with Gasteiger partial charge in [0.1, 0.15) is 30.5 Å². The average Bonchev–Trinajstić information content (AvgIpc) is 3.39. The Bertz CT molecular complexity index is 1630. The molecule has 4 N–H and O–H groups in total. The molecule has 0 radical (unpaired) electrons. The van der Waals surface area contributed by atoms with Crippen molar-refractivity contribution in [3.8, 4) is 0 Å². The van der Waals surface area contributed by atoms with Crippen LogP contribution in [0.1, 0.15) is 18.2 Å². The number of carbonyl (C=O) groups is 3. The van der Waals surface area contributed by atoms with Gasteiger partial charge in [-0.25, -0.2) is 0 Å². The lowest BCUT2D eigenvalue weighted by Crippen LogP contribution is -2.71. The Morgan fingerprint density at radius 2 is 2.17 bits per heavy atom. The van der Waals surface area contributed by atoms with Gasteiger partial charge < -0.3 is 35.4 Å². The summed E-state index contributed by atoms with van der Waals surface area (Å²) in [5.74, 6) is -2.62. The number of rotatable bonds is 8. The van der Waals surface area contributed by atoms with E-state index in [9.17, 15) is 24.7 Å². The fourth-order valence-corrected chi connectivity index (χ4v) is 6.05. The van der Waals surface area contributed by atoms with Crippen molar-refractivity contribution in [1.29, 1.82) is 0 Å². The highest BCUT2D eigenvalue weighted by Crippen LogP contribution is 2.40. The molecule has 14 nitrogen and oxygen atoms in total. The molecule has 1 saturated heterocycles. The van der Waals surface area contributed by atoms with Gasteiger partial charge in [-0.15, -0.1) is 11.8 Å². The van der Waals surface area contributed by atoms with Crippen molar-refractivity contribution in [2.45, 2.75) is 24.9 Å². The van der Waals surface area contributed by atoms with Gasteiger partial charge in [-0.1, -0.05) is 22.4 Å². The molecule has 0 spiro atoms. The molecule has 0 aliphatic carbocycles. The van der Waals surface area contributed by atoms with E-state index in [1.807, 2.05) is 28.8 Å². The molecule has 2 atom stereocenters. The number of nitrogen functional groups attached to an aromatic ring is 1. The lowest BCUT2D eigenvalue weighted by Gasteiger charge is -2.50. The van der Waals surface area contributed by atoms with Gasteiger partial charge in [0.15, 0.2) is 18.5 Å². The standard InChI is InChI=1S/C25H23N7O7S/c1-12(29-37)14-5-3-7-17-15(14)6-4-8-31(17)9-13-11-40-23-19(22(34)32(23)20(13)24(35)36)28-21(33)18(30-38-2)16-10-39-25(26)27-16/h3-8,10,19,23H,9,11H2,1-2H3,(H4,26,27,28,33,35,36)/b30-18-/t19?,23-/m0/s1. The predicted molar refractivity (Wildman–Crippen MR) is 140 cm³/mol. The number of amides is 2. The zero-order valence-corrected chi connectivity index (χ0v) is 22.0. The maximum Gasteiger partial charge on any atom is 0.292 e. The second kappa shape index (κ2) is 10.7. The number of oxime groups is 2. The van der Waals surface area contributed by atoms with Crippen molar-refractivity contribution in [1.82, 2.24) is 15.2 Å².